The van der Waals surface area contributed by atoms with Crippen LogP contribution in [0.25, 0.3) is 0 Å². The second-order valence-electron chi connectivity index (χ2n) is 8.77. The normalized spacial score (nSPS) is 11.5. The Kier molecular flexibility index (Phi) is 17.9. The third kappa shape index (κ3) is 16.8. The van der Waals surface area contributed by atoms with Crippen LogP contribution < -0.4 is 20.1 Å². The molecule has 0 spiro atoms. The van der Waals surface area contributed by atoms with E-state index in [2.05, 4.69) is 10.6 Å². The molecule has 0 unspecified atom stereocenters. The molecule has 0 aliphatic rings. The minimum Gasteiger partial charge on any atom is -0.497 e. The number of unbranched alkanes of at least 4 members (excludes halogenated alkanes) is 2. The third-order valence-electron chi connectivity index (χ3n) is 5.65. The lowest BCUT2D eigenvalue weighted by Gasteiger charge is -2.08. The first-order valence-corrected chi connectivity index (χ1v) is 16.3. The second kappa shape index (κ2) is 21.0. The van der Waals surface area contributed by atoms with E-state index >= 15 is 0 Å². The molecule has 0 bridgehead atoms. The molecule has 0 fully saturated rings. The van der Waals surface area contributed by atoms with Crippen molar-refractivity contribution in [3.8, 4) is 11.5 Å². The van der Waals surface area contributed by atoms with Crippen molar-refractivity contribution in [2.75, 3.05) is 66.0 Å². The van der Waals surface area contributed by atoms with Crippen LogP contribution in [0.15, 0.2) is 48.5 Å². The van der Waals surface area contributed by atoms with E-state index in [4.69, 9.17) is 23.1 Å². The van der Waals surface area contributed by atoms with E-state index in [9.17, 15) is 8.42 Å². The molecule has 0 aliphatic heterocycles. The molecular weight excluding hydrogens is 540 g/mol. The van der Waals surface area contributed by atoms with Crippen molar-refractivity contribution in [3.05, 3.63) is 59.7 Å². The van der Waals surface area contributed by atoms with Crippen molar-refractivity contribution in [3.63, 3.8) is 0 Å². The number of hydrogen-bond donors (Lipinski definition) is 2. The van der Waals surface area contributed by atoms with Crippen LogP contribution in [-0.2, 0) is 36.0 Å². The lowest BCUT2D eigenvalue weighted by molar-refractivity contribution is 0.117. The zero-order valence-electron chi connectivity index (χ0n) is 23.2. The molecule has 39 heavy (non-hydrogen) atoms. The molecule has 0 atom stereocenters. The van der Waals surface area contributed by atoms with Gasteiger partial charge in [-0.3, -0.25) is 4.18 Å². The number of benzene rings is 2. The van der Waals surface area contributed by atoms with E-state index in [1.54, 1.807) is 14.2 Å². The summed E-state index contributed by atoms with van der Waals surface area (Å²) in [5.74, 6) is 2.12. The summed E-state index contributed by atoms with van der Waals surface area (Å²) in [6, 6.07) is 15.7. The van der Waals surface area contributed by atoms with Crippen LogP contribution in [0.5, 0.6) is 11.5 Å². The van der Waals surface area contributed by atoms with Crippen LogP contribution in [0, 0.1) is 0 Å². The smallest absolute Gasteiger partial charge is 0.322 e. The van der Waals surface area contributed by atoms with Crippen molar-refractivity contribution >= 4 is 19.9 Å². The van der Waals surface area contributed by atoms with Crippen LogP contribution in [0.4, 0.5) is 0 Å². The van der Waals surface area contributed by atoms with Crippen molar-refractivity contribution in [2.24, 2.45) is 0 Å². The van der Waals surface area contributed by atoms with Gasteiger partial charge in [0.2, 0.25) is 0 Å². The van der Waals surface area contributed by atoms with Crippen LogP contribution >= 0.6 is 10.8 Å². The van der Waals surface area contributed by atoms with E-state index in [1.807, 2.05) is 48.5 Å². The Hall–Kier alpha value is -1.86. The van der Waals surface area contributed by atoms with Gasteiger partial charge in [-0.2, -0.15) is 8.42 Å². The van der Waals surface area contributed by atoms with Crippen LogP contribution in [0.3, 0.4) is 0 Å². The van der Waals surface area contributed by atoms with Gasteiger partial charge in [-0.1, -0.05) is 24.3 Å². The first-order valence-electron chi connectivity index (χ1n) is 13.4. The van der Waals surface area contributed by atoms with Crippen LogP contribution in [-0.4, -0.2) is 74.4 Å². The molecule has 0 radical (unpaired) electrons. The topological polar surface area (TPSA) is 104 Å². The number of hydrogen-bond acceptors (Lipinski definition) is 10. The molecule has 0 aromatic heterocycles. The molecule has 2 N–H and O–H groups in total. The molecule has 0 heterocycles. The molecule has 0 aliphatic carbocycles. The maximum Gasteiger partial charge on any atom is 0.322 e. The highest BCUT2D eigenvalue weighted by Crippen LogP contribution is 2.14. The van der Waals surface area contributed by atoms with E-state index in [-0.39, 0.29) is 6.61 Å². The van der Waals surface area contributed by atoms with E-state index in [0.29, 0.717) is 45.3 Å². The van der Waals surface area contributed by atoms with Gasteiger partial charge in [0.25, 0.3) is 0 Å². The maximum absolute atomic E-state index is 12.0. The summed E-state index contributed by atoms with van der Waals surface area (Å²) in [5.41, 5.74) is 2.23. The van der Waals surface area contributed by atoms with Gasteiger partial charge in [-0.15, -0.1) is 0 Å². The monoisotopic (exact) mass is 584 g/mol. The van der Waals surface area contributed by atoms with Gasteiger partial charge >= 0.3 is 9.15 Å². The number of methoxy groups -OCH3 is 2. The quantitative estimate of drug-likeness (QED) is 0.138. The highest BCUT2D eigenvalue weighted by molar-refractivity contribution is 8.70. The molecule has 9 nitrogen and oxygen atoms in total. The fourth-order valence-electron chi connectivity index (χ4n) is 3.45. The van der Waals surface area contributed by atoms with E-state index < -0.39 is 9.15 Å². The molecule has 0 saturated carbocycles. The summed E-state index contributed by atoms with van der Waals surface area (Å²) in [6.07, 6.45) is 3.80. The van der Waals surface area contributed by atoms with Crippen molar-refractivity contribution in [1.29, 1.82) is 0 Å². The van der Waals surface area contributed by atoms with E-state index in [0.717, 1.165) is 72.2 Å². The minimum absolute atomic E-state index is 0.132. The Morgan fingerprint density at radius 3 is 1.62 bits per heavy atom. The molecule has 2 aromatic rings. The van der Waals surface area contributed by atoms with Gasteiger partial charge < -0.3 is 29.6 Å². The second-order valence-corrected chi connectivity index (χ2v) is 12.4. The summed E-state index contributed by atoms with van der Waals surface area (Å²) >= 11 is 0. The van der Waals surface area contributed by atoms with Gasteiger partial charge in [0.1, 0.15) is 11.5 Å². The largest absolute Gasteiger partial charge is 0.497 e. The fourth-order valence-corrected chi connectivity index (χ4v) is 5.51. The fraction of sp³-hybridized carbons (Fsp3) is 0.571. The molecule has 0 amide bonds. The predicted molar refractivity (Wildman–Crippen MR) is 157 cm³/mol. The molecule has 11 heteroatoms. The third-order valence-corrected chi connectivity index (χ3v) is 8.42. The standard InChI is InChI=1S/C28H44N2O7S2/c1-33-27-11-7-25(8-12-27)23-35-19-5-3-15-29-17-21-37-39(31,32)38-22-18-30-16-4-6-20-36-24-26-9-13-28(34-2)14-10-26/h7-14,29-30H,3-6,15-24H2,1-2H3. The highest BCUT2D eigenvalue weighted by atomic mass is 33.1. The number of nitrogens with one attached hydrogen (secondary N) is 2. The zero-order valence-corrected chi connectivity index (χ0v) is 24.8. The summed E-state index contributed by atoms with van der Waals surface area (Å²) < 4.78 is 50.7. The first-order chi connectivity index (χ1) is 19.0. The molecule has 0 saturated heterocycles. The van der Waals surface area contributed by atoms with E-state index in [1.165, 1.54) is 0 Å². The molecule has 220 valence electrons. The van der Waals surface area contributed by atoms with Gasteiger partial charge in [0.15, 0.2) is 0 Å². The minimum atomic E-state index is -3.57. The van der Waals surface area contributed by atoms with Gasteiger partial charge in [-0.05, 0) is 85.0 Å². The number of rotatable bonds is 24. The van der Waals surface area contributed by atoms with Crippen molar-refractivity contribution in [1.82, 2.24) is 10.6 Å². The number of ether oxygens (including phenoxy) is 4. The van der Waals surface area contributed by atoms with Gasteiger partial charge in [0.05, 0.1) is 34.0 Å². The Morgan fingerprint density at radius 1 is 0.641 bits per heavy atom. The zero-order chi connectivity index (χ0) is 28.0. The summed E-state index contributed by atoms with van der Waals surface area (Å²) in [6.45, 7) is 5.39. The predicted octanol–water partition coefficient (Wildman–Crippen LogP) is 4.17. The molecule has 2 rings (SSSR count). The van der Waals surface area contributed by atoms with Crippen LogP contribution in [0.2, 0.25) is 0 Å². The van der Waals surface area contributed by atoms with Gasteiger partial charge in [0, 0.05) is 32.1 Å². The summed E-state index contributed by atoms with van der Waals surface area (Å²) in [7, 11) is 0.559. The Labute approximate surface area is 237 Å². The average molecular weight is 585 g/mol. The molecule has 2 aromatic carbocycles. The Morgan fingerprint density at radius 2 is 1.13 bits per heavy atom. The molecular formula is C28H44N2O7S2. The summed E-state index contributed by atoms with van der Waals surface area (Å²) in [4.78, 5) is 0. The highest BCUT2D eigenvalue weighted by Gasteiger charge is 2.11. The lowest BCUT2D eigenvalue weighted by atomic mass is 10.2. The van der Waals surface area contributed by atoms with Crippen molar-refractivity contribution < 1.29 is 31.5 Å². The lowest BCUT2D eigenvalue weighted by Crippen LogP contribution is -2.23. The average Bonchev–Trinajstić information content (AvgIpc) is 2.95. The van der Waals surface area contributed by atoms with Crippen LogP contribution in [0.1, 0.15) is 36.8 Å². The summed E-state index contributed by atoms with van der Waals surface area (Å²) in [5, 5.41) is 6.46. The maximum atomic E-state index is 12.0. The Bertz CT molecular complexity index is 901. The Balaban J connectivity index is 1.33. The van der Waals surface area contributed by atoms with Crippen molar-refractivity contribution in [2.45, 2.75) is 38.9 Å². The SMILES string of the molecule is COc1ccc(COCCCCNCCOS(=O)(=O)SCCNCCCCOCc2ccc(OC)cc2)cc1. The van der Waals surface area contributed by atoms with Gasteiger partial charge in [-0.25, -0.2) is 0 Å². The first kappa shape index (κ1) is 33.3.